The van der Waals surface area contributed by atoms with Crippen molar-refractivity contribution in [1.29, 1.82) is 0 Å². The monoisotopic (exact) mass is 401 g/mol. The number of pyridine rings is 1. The van der Waals surface area contributed by atoms with E-state index in [-0.39, 0.29) is 11.9 Å². The zero-order valence-electron chi connectivity index (χ0n) is 18.2. The fourth-order valence-electron chi connectivity index (χ4n) is 3.10. The van der Waals surface area contributed by atoms with Crippen molar-refractivity contribution in [1.82, 2.24) is 15.6 Å². The van der Waals surface area contributed by atoms with Gasteiger partial charge in [-0.05, 0) is 58.7 Å². The molecule has 29 heavy (non-hydrogen) atoms. The highest BCUT2D eigenvalue weighted by molar-refractivity contribution is 6.02. The van der Waals surface area contributed by atoms with Crippen molar-refractivity contribution >= 4 is 22.6 Å². The number of anilines is 1. The Morgan fingerprint density at radius 1 is 1.31 bits per heavy atom. The molecule has 0 radical (unpaired) electrons. The average Bonchev–Trinajstić information content (AvgIpc) is 2.62. The van der Waals surface area contributed by atoms with Crippen molar-refractivity contribution in [2.24, 2.45) is 5.73 Å². The third-order valence-corrected chi connectivity index (χ3v) is 4.68. The van der Waals surface area contributed by atoms with Crippen molar-refractivity contribution in [3.63, 3.8) is 0 Å². The predicted octanol–water partition coefficient (Wildman–Crippen LogP) is 2.52. The van der Waals surface area contributed by atoms with Crippen LogP contribution in [0.15, 0.2) is 24.3 Å². The summed E-state index contributed by atoms with van der Waals surface area (Å²) in [4.78, 5) is 17.3. The van der Waals surface area contributed by atoms with Gasteiger partial charge in [0.2, 0.25) is 0 Å². The topological polar surface area (TPSA) is 112 Å². The van der Waals surface area contributed by atoms with Gasteiger partial charge < -0.3 is 26.8 Å². The van der Waals surface area contributed by atoms with E-state index in [4.69, 9.17) is 5.73 Å². The van der Waals surface area contributed by atoms with Gasteiger partial charge in [-0.15, -0.1) is 0 Å². The second-order valence-electron chi connectivity index (χ2n) is 8.36. The molecule has 0 spiro atoms. The summed E-state index contributed by atoms with van der Waals surface area (Å²) in [5.41, 5.74) is 7.43. The van der Waals surface area contributed by atoms with Gasteiger partial charge in [0, 0.05) is 24.5 Å². The molecule has 160 valence electrons. The van der Waals surface area contributed by atoms with Gasteiger partial charge in [0.1, 0.15) is 5.82 Å². The number of rotatable bonds is 10. The normalized spacial score (nSPS) is 13.9. The van der Waals surface area contributed by atoms with Crippen LogP contribution in [0.4, 0.5) is 5.82 Å². The lowest BCUT2D eigenvalue weighted by Gasteiger charge is -2.23. The van der Waals surface area contributed by atoms with Crippen LogP contribution in [-0.4, -0.2) is 46.9 Å². The van der Waals surface area contributed by atoms with E-state index in [0.717, 1.165) is 29.3 Å². The molecule has 7 heteroatoms. The fraction of sp³-hybridized carbons (Fsp3) is 0.545. The molecule has 7 nitrogen and oxygen atoms in total. The first-order valence-corrected chi connectivity index (χ1v) is 10.3. The predicted molar refractivity (Wildman–Crippen MR) is 119 cm³/mol. The molecular weight excluding hydrogens is 366 g/mol. The molecule has 2 aromatic rings. The van der Waals surface area contributed by atoms with Crippen molar-refractivity contribution < 1.29 is 9.90 Å². The lowest BCUT2D eigenvalue weighted by atomic mass is 10.1. The Hall–Kier alpha value is -2.22. The van der Waals surface area contributed by atoms with E-state index in [1.165, 1.54) is 0 Å². The van der Waals surface area contributed by atoms with Gasteiger partial charge in [0.25, 0.3) is 5.91 Å². The Morgan fingerprint density at radius 2 is 2.03 bits per heavy atom. The molecule has 2 unspecified atom stereocenters. The Kier molecular flexibility index (Phi) is 7.96. The van der Waals surface area contributed by atoms with Crippen LogP contribution in [0.5, 0.6) is 0 Å². The lowest BCUT2D eigenvalue weighted by molar-refractivity contribution is 0.0759. The summed E-state index contributed by atoms with van der Waals surface area (Å²) in [7, 11) is 0. The zero-order chi connectivity index (χ0) is 21.6. The van der Waals surface area contributed by atoms with E-state index >= 15 is 0 Å². The SMILES string of the molecule is CCC(CCNc1nc2ccc(C)cc2cc1C(=O)NC(C)N)NCC(C)(C)O. The maximum atomic E-state index is 12.7. The molecule has 0 aliphatic heterocycles. The van der Waals surface area contributed by atoms with E-state index in [1.807, 2.05) is 31.2 Å². The zero-order valence-corrected chi connectivity index (χ0v) is 18.2. The van der Waals surface area contributed by atoms with Crippen LogP contribution >= 0.6 is 0 Å². The molecular formula is C22H35N5O2. The van der Waals surface area contributed by atoms with Gasteiger partial charge >= 0.3 is 0 Å². The Morgan fingerprint density at radius 3 is 2.66 bits per heavy atom. The van der Waals surface area contributed by atoms with Crippen molar-refractivity contribution in [3.8, 4) is 0 Å². The molecule has 6 N–H and O–H groups in total. The van der Waals surface area contributed by atoms with Crippen LogP contribution in [0.25, 0.3) is 10.9 Å². The highest BCUT2D eigenvalue weighted by Gasteiger charge is 2.17. The molecule has 1 aromatic heterocycles. The number of fused-ring (bicyclic) bond motifs is 1. The smallest absolute Gasteiger partial charge is 0.256 e. The number of nitrogens with zero attached hydrogens (tertiary/aromatic N) is 1. The van der Waals surface area contributed by atoms with Crippen LogP contribution < -0.4 is 21.7 Å². The third-order valence-electron chi connectivity index (χ3n) is 4.68. The average molecular weight is 402 g/mol. The minimum Gasteiger partial charge on any atom is -0.389 e. The molecule has 0 bridgehead atoms. The molecule has 1 amide bonds. The minimum atomic E-state index is -0.747. The van der Waals surface area contributed by atoms with Crippen molar-refractivity contribution in [2.75, 3.05) is 18.4 Å². The first-order chi connectivity index (χ1) is 13.6. The number of benzene rings is 1. The maximum absolute atomic E-state index is 12.7. The Balaban J connectivity index is 2.17. The Bertz CT molecular complexity index is 830. The highest BCUT2D eigenvalue weighted by Crippen LogP contribution is 2.22. The van der Waals surface area contributed by atoms with E-state index in [1.54, 1.807) is 20.8 Å². The van der Waals surface area contributed by atoms with Crippen LogP contribution in [0.2, 0.25) is 0 Å². The van der Waals surface area contributed by atoms with Gasteiger partial charge in [0.05, 0.1) is 22.8 Å². The highest BCUT2D eigenvalue weighted by atomic mass is 16.3. The molecule has 0 saturated heterocycles. The molecule has 0 aliphatic carbocycles. The van der Waals surface area contributed by atoms with Crippen LogP contribution in [0.1, 0.15) is 56.5 Å². The van der Waals surface area contributed by atoms with Crippen molar-refractivity contribution in [2.45, 2.75) is 65.3 Å². The molecule has 1 aromatic carbocycles. The lowest BCUT2D eigenvalue weighted by Crippen LogP contribution is -2.41. The molecule has 2 rings (SSSR count). The molecule has 0 fully saturated rings. The van der Waals surface area contributed by atoms with Crippen molar-refractivity contribution in [3.05, 3.63) is 35.4 Å². The van der Waals surface area contributed by atoms with E-state index < -0.39 is 11.8 Å². The van der Waals surface area contributed by atoms with E-state index in [9.17, 15) is 9.90 Å². The van der Waals surface area contributed by atoms with Gasteiger partial charge in [-0.25, -0.2) is 4.98 Å². The van der Waals surface area contributed by atoms with Crippen LogP contribution in [0.3, 0.4) is 0 Å². The number of hydrogen-bond acceptors (Lipinski definition) is 6. The first-order valence-electron chi connectivity index (χ1n) is 10.3. The standard InChI is InChI=1S/C22H35N5O2/c1-6-17(25-13-22(4,5)29)9-10-24-20-18(21(28)26-15(3)23)12-16-11-14(2)7-8-19(16)27-20/h7-8,11-12,15,17,25,29H,6,9-10,13,23H2,1-5H3,(H,24,27)(H,26,28). The number of hydrogen-bond donors (Lipinski definition) is 5. The Labute approximate surface area is 173 Å². The summed E-state index contributed by atoms with van der Waals surface area (Å²) in [6.45, 7) is 10.6. The number of carbonyl (C=O) groups is 1. The summed E-state index contributed by atoms with van der Waals surface area (Å²) in [5.74, 6) is 0.308. The summed E-state index contributed by atoms with van der Waals surface area (Å²) in [5, 5.41) is 20.3. The quantitative estimate of drug-likeness (QED) is 0.391. The summed E-state index contributed by atoms with van der Waals surface area (Å²) in [6, 6.07) is 8.11. The van der Waals surface area contributed by atoms with E-state index in [2.05, 4.69) is 27.9 Å². The van der Waals surface area contributed by atoms with Crippen LogP contribution in [-0.2, 0) is 0 Å². The summed E-state index contributed by atoms with van der Waals surface area (Å²) in [6.07, 6.45) is 1.34. The molecule has 0 saturated carbocycles. The number of aromatic nitrogens is 1. The minimum absolute atomic E-state index is 0.245. The molecule has 2 atom stereocenters. The van der Waals surface area contributed by atoms with Gasteiger partial charge in [-0.2, -0.15) is 0 Å². The number of nitrogens with one attached hydrogen (secondary N) is 3. The number of aliphatic hydroxyl groups is 1. The van der Waals surface area contributed by atoms with Gasteiger partial charge in [0.15, 0.2) is 0 Å². The fourth-order valence-corrected chi connectivity index (χ4v) is 3.10. The van der Waals surface area contributed by atoms with Gasteiger partial charge in [-0.3, -0.25) is 4.79 Å². The number of carbonyl (C=O) groups excluding carboxylic acids is 1. The third kappa shape index (κ3) is 7.27. The summed E-state index contributed by atoms with van der Waals surface area (Å²) >= 11 is 0. The largest absolute Gasteiger partial charge is 0.389 e. The molecule has 0 aliphatic rings. The number of nitrogens with two attached hydrogens (primary N) is 1. The first kappa shape index (κ1) is 23.1. The van der Waals surface area contributed by atoms with Gasteiger partial charge in [-0.1, -0.05) is 18.6 Å². The summed E-state index contributed by atoms with van der Waals surface area (Å²) < 4.78 is 0. The van der Waals surface area contributed by atoms with E-state index in [0.29, 0.717) is 24.5 Å². The maximum Gasteiger partial charge on any atom is 0.256 e. The second-order valence-corrected chi connectivity index (χ2v) is 8.36. The van der Waals surface area contributed by atoms with Crippen LogP contribution in [0, 0.1) is 6.92 Å². The number of aryl methyl sites for hydroxylation is 1. The molecule has 1 heterocycles. The second kappa shape index (κ2) is 10.0. The number of amides is 1.